The summed E-state index contributed by atoms with van der Waals surface area (Å²) < 4.78 is 1.63. The summed E-state index contributed by atoms with van der Waals surface area (Å²) in [4.78, 5) is 29.5. The zero-order valence-electron chi connectivity index (χ0n) is 20.3. The van der Waals surface area contributed by atoms with Crippen molar-refractivity contribution in [3.8, 4) is 11.4 Å². The fourth-order valence-electron chi connectivity index (χ4n) is 4.82. The number of non-ortho nitro benzene ring substituents is 1. The average Bonchev–Trinajstić information content (AvgIpc) is 3.35. The Bertz CT molecular complexity index is 1740. The van der Waals surface area contributed by atoms with Crippen LogP contribution in [0, 0.1) is 10.1 Å². The fourth-order valence-corrected chi connectivity index (χ4v) is 4.82. The summed E-state index contributed by atoms with van der Waals surface area (Å²) in [6.45, 7) is 1.79. The second kappa shape index (κ2) is 9.29. The number of rotatable bonds is 5. The first-order valence-electron chi connectivity index (χ1n) is 12.0. The number of nitro benzene ring substituents is 1. The Labute approximate surface area is 217 Å². The molecule has 2 heterocycles. The third-order valence-electron chi connectivity index (χ3n) is 6.56. The molecule has 2 N–H and O–H groups in total. The minimum Gasteiger partial charge on any atom is -0.328 e. The van der Waals surface area contributed by atoms with E-state index >= 15 is 0 Å². The molecule has 0 bridgehead atoms. The van der Waals surface area contributed by atoms with Crippen LogP contribution < -0.4 is 10.6 Å². The number of nitro groups is 1. The second-order valence-electron chi connectivity index (χ2n) is 8.97. The lowest BCUT2D eigenvalue weighted by Gasteiger charge is -2.28. The van der Waals surface area contributed by atoms with E-state index in [2.05, 4.69) is 10.6 Å². The summed E-state index contributed by atoms with van der Waals surface area (Å²) in [5.74, 6) is 0.584. The van der Waals surface area contributed by atoms with Gasteiger partial charge in [0, 0.05) is 29.1 Å². The molecule has 0 saturated heterocycles. The standard InChI is InChI=1S/C29H22N6O3/c1-18-25(28(36)31-21-12-3-2-4-13-21)26(20-11-7-14-22(17-20)35(37)38)34-29(30-18)32-27(33-34)24-16-8-10-19-9-5-6-15-23(19)24/h2-17,26H,1H3,(H,31,36)(H,30,32,33). The molecular weight excluding hydrogens is 480 g/mol. The van der Waals surface area contributed by atoms with Crippen molar-refractivity contribution >= 4 is 34.0 Å². The molecule has 1 aliphatic rings. The van der Waals surface area contributed by atoms with Crippen LogP contribution in [0.3, 0.4) is 0 Å². The first-order valence-corrected chi connectivity index (χ1v) is 12.0. The molecule has 1 unspecified atom stereocenters. The number of para-hydroxylation sites is 1. The van der Waals surface area contributed by atoms with E-state index in [0.29, 0.717) is 34.3 Å². The molecule has 1 atom stereocenters. The first-order chi connectivity index (χ1) is 18.5. The van der Waals surface area contributed by atoms with Gasteiger partial charge < -0.3 is 10.6 Å². The quantitative estimate of drug-likeness (QED) is 0.227. The van der Waals surface area contributed by atoms with Crippen LogP contribution in [0.5, 0.6) is 0 Å². The highest BCUT2D eigenvalue weighted by Gasteiger charge is 2.35. The molecule has 1 aliphatic heterocycles. The van der Waals surface area contributed by atoms with E-state index in [-0.39, 0.29) is 11.6 Å². The summed E-state index contributed by atoms with van der Waals surface area (Å²) in [5.41, 5.74) is 2.93. The molecule has 38 heavy (non-hydrogen) atoms. The van der Waals surface area contributed by atoms with Crippen LogP contribution in [0.4, 0.5) is 17.3 Å². The van der Waals surface area contributed by atoms with Gasteiger partial charge in [0.2, 0.25) is 5.95 Å². The zero-order valence-corrected chi connectivity index (χ0v) is 20.3. The van der Waals surface area contributed by atoms with Gasteiger partial charge in [0.1, 0.15) is 6.04 Å². The number of allylic oxidation sites excluding steroid dienone is 1. The maximum Gasteiger partial charge on any atom is 0.269 e. The monoisotopic (exact) mass is 502 g/mol. The predicted molar refractivity (Wildman–Crippen MR) is 146 cm³/mol. The van der Waals surface area contributed by atoms with E-state index in [1.807, 2.05) is 60.7 Å². The lowest BCUT2D eigenvalue weighted by Crippen LogP contribution is -2.31. The van der Waals surface area contributed by atoms with Crippen LogP contribution in [0.1, 0.15) is 18.5 Å². The first kappa shape index (κ1) is 23.1. The van der Waals surface area contributed by atoms with Gasteiger partial charge >= 0.3 is 0 Å². The number of carbonyl (C=O) groups excluding carboxylic acids is 1. The third kappa shape index (κ3) is 4.05. The molecule has 186 valence electrons. The van der Waals surface area contributed by atoms with Crippen LogP contribution in [-0.2, 0) is 4.79 Å². The van der Waals surface area contributed by atoms with Crippen LogP contribution in [-0.4, -0.2) is 25.6 Å². The van der Waals surface area contributed by atoms with Gasteiger partial charge in [-0.25, -0.2) is 4.68 Å². The van der Waals surface area contributed by atoms with E-state index in [1.165, 1.54) is 12.1 Å². The number of amides is 1. The molecule has 4 aromatic carbocycles. The molecule has 9 nitrogen and oxygen atoms in total. The normalized spacial score (nSPS) is 14.6. The zero-order chi connectivity index (χ0) is 26.2. The predicted octanol–water partition coefficient (Wildman–Crippen LogP) is 5.93. The summed E-state index contributed by atoms with van der Waals surface area (Å²) in [6, 6.07) is 28.6. The van der Waals surface area contributed by atoms with Crippen molar-refractivity contribution in [3.05, 3.63) is 124 Å². The average molecular weight is 503 g/mol. The highest BCUT2D eigenvalue weighted by atomic mass is 16.6. The summed E-state index contributed by atoms with van der Waals surface area (Å²) >= 11 is 0. The van der Waals surface area contributed by atoms with Crippen LogP contribution in [0.15, 0.2) is 108 Å². The number of carbonyl (C=O) groups is 1. The van der Waals surface area contributed by atoms with E-state index < -0.39 is 11.0 Å². The van der Waals surface area contributed by atoms with E-state index in [0.717, 1.165) is 16.3 Å². The van der Waals surface area contributed by atoms with Crippen LogP contribution in [0.25, 0.3) is 22.2 Å². The minimum absolute atomic E-state index is 0.0718. The number of hydrogen-bond acceptors (Lipinski definition) is 6. The van der Waals surface area contributed by atoms with Crippen molar-refractivity contribution in [2.24, 2.45) is 0 Å². The van der Waals surface area contributed by atoms with Gasteiger partial charge in [0.15, 0.2) is 5.82 Å². The Morgan fingerprint density at radius 3 is 2.53 bits per heavy atom. The number of anilines is 2. The van der Waals surface area contributed by atoms with Gasteiger partial charge in [0.05, 0.1) is 10.5 Å². The molecule has 9 heteroatoms. The number of nitrogens with one attached hydrogen (secondary N) is 2. The van der Waals surface area contributed by atoms with Crippen molar-refractivity contribution in [2.45, 2.75) is 13.0 Å². The third-order valence-corrected chi connectivity index (χ3v) is 6.56. The van der Waals surface area contributed by atoms with Crippen molar-refractivity contribution in [3.63, 3.8) is 0 Å². The molecule has 0 spiro atoms. The number of nitrogens with zero attached hydrogens (tertiary/aromatic N) is 4. The molecule has 0 radical (unpaired) electrons. The van der Waals surface area contributed by atoms with E-state index in [4.69, 9.17) is 10.1 Å². The Balaban J connectivity index is 1.50. The Morgan fingerprint density at radius 2 is 1.71 bits per heavy atom. The number of hydrogen-bond donors (Lipinski definition) is 2. The topological polar surface area (TPSA) is 115 Å². The van der Waals surface area contributed by atoms with E-state index in [9.17, 15) is 14.9 Å². The summed E-state index contributed by atoms with van der Waals surface area (Å²) in [7, 11) is 0. The van der Waals surface area contributed by atoms with Crippen LogP contribution >= 0.6 is 0 Å². The molecule has 1 amide bonds. The maximum absolute atomic E-state index is 13.6. The van der Waals surface area contributed by atoms with Gasteiger partial charge in [-0.1, -0.05) is 72.8 Å². The number of benzene rings is 4. The molecular formula is C29H22N6O3. The number of aromatic nitrogens is 3. The van der Waals surface area contributed by atoms with Gasteiger partial charge in [-0.15, -0.1) is 5.10 Å². The molecule has 0 fully saturated rings. The largest absolute Gasteiger partial charge is 0.328 e. The molecule has 6 rings (SSSR count). The lowest BCUT2D eigenvalue weighted by molar-refractivity contribution is -0.384. The smallest absolute Gasteiger partial charge is 0.269 e. The Kier molecular flexibility index (Phi) is 5.65. The highest BCUT2D eigenvalue weighted by Crippen LogP contribution is 2.38. The second-order valence-corrected chi connectivity index (χ2v) is 8.97. The van der Waals surface area contributed by atoms with Crippen molar-refractivity contribution in [1.29, 1.82) is 0 Å². The maximum atomic E-state index is 13.6. The minimum atomic E-state index is -0.744. The fraction of sp³-hybridized carbons (Fsp3) is 0.0690. The van der Waals surface area contributed by atoms with Crippen LogP contribution in [0.2, 0.25) is 0 Å². The summed E-state index contributed by atoms with van der Waals surface area (Å²) in [5, 5.41) is 24.6. The SMILES string of the molecule is CC1=C(C(=O)Nc2ccccc2)C(c2cccc([N+](=O)[O-])c2)n2nc(-c3cccc4ccccc34)nc2N1. The number of fused-ring (bicyclic) bond motifs is 2. The van der Waals surface area contributed by atoms with E-state index in [1.54, 1.807) is 35.9 Å². The molecule has 5 aromatic rings. The van der Waals surface area contributed by atoms with Gasteiger partial charge in [-0.05, 0) is 35.4 Å². The van der Waals surface area contributed by atoms with Crippen molar-refractivity contribution < 1.29 is 9.72 Å². The Hall–Kier alpha value is -5.31. The Morgan fingerprint density at radius 1 is 0.974 bits per heavy atom. The van der Waals surface area contributed by atoms with Gasteiger partial charge in [-0.3, -0.25) is 14.9 Å². The van der Waals surface area contributed by atoms with Crippen molar-refractivity contribution in [2.75, 3.05) is 10.6 Å². The lowest BCUT2D eigenvalue weighted by atomic mass is 9.94. The molecule has 0 saturated carbocycles. The molecule has 0 aliphatic carbocycles. The van der Waals surface area contributed by atoms with Gasteiger partial charge in [0.25, 0.3) is 11.6 Å². The summed E-state index contributed by atoms with van der Waals surface area (Å²) in [6.07, 6.45) is 0. The van der Waals surface area contributed by atoms with Crippen molar-refractivity contribution in [1.82, 2.24) is 14.8 Å². The molecule has 1 aromatic heterocycles. The van der Waals surface area contributed by atoms with Gasteiger partial charge in [-0.2, -0.15) is 4.98 Å². The highest BCUT2D eigenvalue weighted by molar-refractivity contribution is 6.06.